The van der Waals surface area contributed by atoms with Gasteiger partial charge in [0.2, 0.25) is 5.91 Å². The molecule has 0 saturated carbocycles. The second-order valence-electron chi connectivity index (χ2n) is 6.07. The SMILES string of the molecule is O=C(CCNCc1ccccc1Cl)N1CCN(c2ccccn2)CC1. The molecule has 6 heteroatoms. The fraction of sp³-hybridized carbons (Fsp3) is 0.368. The number of pyridine rings is 1. The first-order chi connectivity index (χ1) is 12.2. The minimum absolute atomic E-state index is 0.201. The summed E-state index contributed by atoms with van der Waals surface area (Å²) in [6.07, 6.45) is 2.31. The van der Waals surface area contributed by atoms with Crippen molar-refractivity contribution < 1.29 is 4.79 Å². The molecule has 0 aliphatic carbocycles. The molecular formula is C19H23ClN4O. The molecule has 1 amide bonds. The summed E-state index contributed by atoms with van der Waals surface area (Å²) >= 11 is 6.13. The Hall–Kier alpha value is -2.11. The lowest BCUT2D eigenvalue weighted by molar-refractivity contribution is -0.131. The summed E-state index contributed by atoms with van der Waals surface area (Å²) in [6.45, 7) is 4.50. The Balaban J connectivity index is 1.37. The van der Waals surface area contributed by atoms with Gasteiger partial charge in [-0.25, -0.2) is 4.98 Å². The van der Waals surface area contributed by atoms with Crippen molar-refractivity contribution >= 4 is 23.3 Å². The Morgan fingerprint density at radius 3 is 2.56 bits per heavy atom. The molecule has 1 N–H and O–H groups in total. The fourth-order valence-electron chi connectivity index (χ4n) is 2.94. The highest BCUT2D eigenvalue weighted by molar-refractivity contribution is 6.31. The lowest BCUT2D eigenvalue weighted by Crippen LogP contribution is -2.49. The molecule has 2 heterocycles. The summed E-state index contributed by atoms with van der Waals surface area (Å²) in [4.78, 5) is 20.9. The summed E-state index contributed by atoms with van der Waals surface area (Å²) < 4.78 is 0. The van der Waals surface area contributed by atoms with E-state index in [1.165, 1.54) is 0 Å². The van der Waals surface area contributed by atoms with Crippen LogP contribution in [0.5, 0.6) is 0 Å². The number of benzene rings is 1. The van der Waals surface area contributed by atoms with Gasteiger partial charge in [-0.15, -0.1) is 0 Å². The highest BCUT2D eigenvalue weighted by Crippen LogP contribution is 2.15. The van der Waals surface area contributed by atoms with Crippen LogP contribution in [0.1, 0.15) is 12.0 Å². The van der Waals surface area contributed by atoms with E-state index in [0.717, 1.165) is 42.6 Å². The van der Waals surface area contributed by atoms with Crippen LogP contribution in [0.25, 0.3) is 0 Å². The first kappa shape index (κ1) is 17.7. The molecule has 0 radical (unpaired) electrons. The van der Waals surface area contributed by atoms with E-state index in [0.29, 0.717) is 19.5 Å². The van der Waals surface area contributed by atoms with Crippen LogP contribution in [0.4, 0.5) is 5.82 Å². The number of hydrogen-bond acceptors (Lipinski definition) is 4. The summed E-state index contributed by atoms with van der Waals surface area (Å²) in [7, 11) is 0. The zero-order valence-electron chi connectivity index (χ0n) is 14.2. The van der Waals surface area contributed by atoms with Gasteiger partial charge >= 0.3 is 0 Å². The molecule has 3 rings (SSSR count). The monoisotopic (exact) mass is 358 g/mol. The van der Waals surface area contributed by atoms with Crippen molar-refractivity contribution in [3.63, 3.8) is 0 Å². The van der Waals surface area contributed by atoms with Crippen molar-refractivity contribution in [2.75, 3.05) is 37.6 Å². The number of anilines is 1. The molecule has 1 aromatic heterocycles. The number of amides is 1. The van der Waals surface area contributed by atoms with Crippen LogP contribution in [0.3, 0.4) is 0 Å². The summed E-state index contributed by atoms with van der Waals surface area (Å²) in [6, 6.07) is 13.7. The van der Waals surface area contributed by atoms with Crippen molar-refractivity contribution in [1.82, 2.24) is 15.2 Å². The fourth-order valence-corrected chi connectivity index (χ4v) is 3.15. The van der Waals surface area contributed by atoms with Gasteiger partial charge in [-0.05, 0) is 23.8 Å². The number of nitrogens with one attached hydrogen (secondary N) is 1. The van der Waals surface area contributed by atoms with E-state index in [9.17, 15) is 4.79 Å². The van der Waals surface area contributed by atoms with Gasteiger partial charge in [0.1, 0.15) is 5.82 Å². The van der Waals surface area contributed by atoms with Crippen LogP contribution < -0.4 is 10.2 Å². The molecule has 0 bridgehead atoms. The van der Waals surface area contributed by atoms with Crippen molar-refractivity contribution in [2.45, 2.75) is 13.0 Å². The topological polar surface area (TPSA) is 48.5 Å². The van der Waals surface area contributed by atoms with Gasteiger partial charge in [0.15, 0.2) is 0 Å². The van der Waals surface area contributed by atoms with E-state index >= 15 is 0 Å². The molecular weight excluding hydrogens is 336 g/mol. The normalized spacial score (nSPS) is 14.6. The summed E-state index contributed by atoms with van der Waals surface area (Å²) in [5.74, 6) is 1.18. The second-order valence-corrected chi connectivity index (χ2v) is 6.48. The van der Waals surface area contributed by atoms with Crippen LogP contribution >= 0.6 is 11.6 Å². The van der Waals surface area contributed by atoms with E-state index in [4.69, 9.17) is 11.6 Å². The van der Waals surface area contributed by atoms with E-state index in [2.05, 4.69) is 15.2 Å². The number of hydrogen-bond donors (Lipinski definition) is 1. The average Bonchev–Trinajstić information content (AvgIpc) is 2.67. The summed E-state index contributed by atoms with van der Waals surface area (Å²) in [5, 5.41) is 4.05. The third-order valence-corrected chi connectivity index (χ3v) is 4.76. The van der Waals surface area contributed by atoms with Crippen LogP contribution in [0.2, 0.25) is 5.02 Å². The highest BCUT2D eigenvalue weighted by Gasteiger charge is 2.21. The molecule has 132 valence electrons. The Kier molecular flexibility index (Phi) is 6.25. The zero-order valence-corrected chi connectivity index (χ0v) is 15.0. The maximum Gasteiger partial charge on any atom is 0.223 e. The Bertz CT molecular complexity index is 687. The minimum atomic E-state index is 0.201. The molecule has 25 heavy (non-hydrogen) atoms. The lowest BCUT2D eigenvalue weighted by atomic mass is 10.2. The molecule has 1 aliphatic heterocycles. The number of piperazine rings is 1. The van der Waals surface area contributed by atoms with Crippen LogP contribution in [0.15, 0.2) is 48.7 Å². The third-order valence-electron chi connectivity index (χ3n) is 4.39. The van der Waals surface area contributed by atoms with Gasteiger partial charge in [0.05, 0.1) is 0 Å². The average molecular weight is 359 g/mol. The van der Waals surface area contributed by atoms with Crippen LogP contribution in [-0.4, -0.2) is 48.5 Å². The smallest absolute Gasteiger partial charge is 0.223 e. The molecule has 0 unspecified atom stereocenters. The van der Waals surface area contributed by atoms with Gasteiger partial charge in [-0.3, -0.25) is 4.79 Å². The molecule has 1 aromatic carbocycles. The maximum atomic E-state index is 12.3. The first-order valence-corrected chi connectivity index (χ1v) is 9.00. The molecule has 1 saturated heterocycles. The molecule has 2 aromatic rings. The van der Waals surface area contributed by atoms with Crippen molar-refractivity contribution in [3.05, 3.63) is 59.2 Å². The second kappa shape index (κ2) is 8.83. The number of nitrogens with zero attached hydrogens (tertiary/aromatic N) is 3. The van der Waals surface area contributed by atoms with Crippen LogP contribution in [-0.2, 0) is 11.3 Å². The zero-order chi connectivity index (χ0) is 17.5. The van der Waals surface area contributed by atoms with Crippen molar-refractivity contribution in [2.24, 2.45) is 0 Å². The van der Waals surface area contributed by atoms with E-state index in [1.807, 2.05) is 47.4 Å². The Labute approximate surface area is 153 Å². The minimum Gasteiger partial charge on any atom is -0.353 e. The number of aromatic nitrogens is 1. The third kappa shape index (κ3) is 4.94. The quantitative estimate of drug-likeness (QED) is 0.806. The molecule has 0 spiro atoms. The van der Waals surface area contributed by atoms with Crippen molar-refractivity contribution in [1.29, 1.82) is 0 Å². The molecule has 0 atom stereocenters. The Morgan fingerprint density at radius 1 is 1.08 bits per heavy atom. The van der Waals surface area contributed by atoms with E-state index in [1.54, 1.807) is 6.20 Å². The standard InChI is InChI=1S/C19H23ClN4O/c20-17-6-2-1-5-16(17)15-21-10-8-19(25)24-13-11-23(12-14-24)18-7-3-4-9-22-18/h1-7,9,21H,8,10-15H2. The van der Waals surface area contributed by atoms with Gasteiger partial charge < -0.3 is 15.1 Å². The molecule has 1 fully saturated rings. The van der Waals surface area contributed by atoms with Gasteiger partial charge in [0, 0.05) is 56.9 Å². The van der Waals surface area contributed by atoms with Gasteiger partial charge in [0.25, 0.3) is 0 Å². The largest absolute Gasteiger partial charge is 0.353 e. The van der Waals surface area contributed by atoms with E-state index < -0.39 is 0 Å². The number of carbonyl (C=O) groups excluding carboxylic acids is 1. The predicted octanol–water partition coefficient (Wildman–Crippen LogP) is 2.56. The Morgan fingerprint density at radius 2 is 1.84 bits per heavy atom. The van der Waals surface area contributed by atoms with Gasteiger partial charge in [-0.1, -0.05) is 35.9 Å². The predicted molar refractivity (Wildman–Crippen MR) is 101 cm³/mol. The highest BCUT2D eigenvalue weighted by atomic mass is 35.5. The number of halogens is 1. The molecule has 5 nitrogen and oxygen atoms in total. The van der Waals surface area contributed by atoms with Crippen molar-refractivity contribution in [3.8, 4) is 0 Å². The maximum absolute atomic E-state index is 12.3. The molecule has 1 aliphatic rings. The van der Waals surface area contributed by atoms with E-state index in [-0.39, 0.29) is 5.91 Å². The number of rotatable bonds is 6. The lowest BCUT2D eigenvalue weighted by Gasteiger charge is -2.35. The first-order valence-electron chi connectivity index (χ1n) is 8.62. The van der Waals surface area contributed by atoms with Gasteiger partial charge in [-0.2, -0.15) is 0 Å². The number of carbonyl (C=O) groups is 1. The van der Waals surface area contributed by atoms with Crippen LogP contribution in [0, 0.1) is 0 Å². The summed E-state index contributed by atoms with van der Waals surface area (Å²) in [5.41, 5.74) is 1.06.